The molecule has 9 heavy (non-hydrogen) atoms. The SMILES string of the molecule is CC(C)OC(=O)CNO. The number of carbonyl (C=O) groups is 1. The molecule has 0 spiro atoms. The van der Waals surface area contributed by atoms with E-state index in [-0.39, 0.29) is 12.6 Å². The average molecular weight is 133 g/mol. The zero-order chi connectivity index (χ0) is 7.28. The van der Waals surface area contributed by atoms with Crippen LogP contribution in [0.15, 0.2) is 0 Å². The summed E-state index contributed by atoms with van der Waals surface area (Å²) in [7, 11) is 0. The summed E-state index contributed by atoms with van der Waals surface area (Å²) in [6.45, 7) is 3.34. The summed E-state index contributed by atoms with van der Waals surface area (Å²) >= 11 is 0. The van der Waals surface area contributed by atoms with Gasteiger partial charge in [0.2, 0.25) is 0 Å². The molecule has 4 heteroatoms. The summed E-state index contributed by atoms with van der Waals surface area (Å²) in [5.41, 5.74) is 1.70. The molecule has 2 N–H and O–H groups in total. The molecule has 0 unspecified atom stereocenters. The van der Waals surface area contributed by atoms with Gasteiger partial charge in [0.1, 0.15) is 6.54 Å². The Kier molecular flexibility index (Phi) is 4.00. The van der Waals surface area contributed by atoms with Gasteiger partial charge < -0.3 is 9.94 Å². The summed E-state index contributed by atoms with van der Waals surface area (Å²) in [6, 6.07) is 0. The molecule has 0 bridgehead atoms. The van der Waals surface area contributed by atoms with Crippen molar-refractivity contribution in [3.05, 3.63) is 0 Å². The molecule has 0 rings (SSSR count). The van der Waals surface area contributed by atoms with Crippen LogP contribution in [0.2, 0.25) is 0 Å². The zero-order valence-electron chi connectivity index (χ0n) is 5.55. The minimum atomic E-state index is -0.451. The molecule has 0 heterocycles. The average Bonchev–Trinajstić information content (AvgIpc) is 1.63. The predicted octanol–water partition coefficient (Wildman–Crippen LogP) is -0.0832. The van der Waals surface area contributed by atoms with E-state index in [0.29, 0.717) is 0 Å². The number of hydrogen-bond acceptors (Lipinski definition) is 4. The van der Waals surface area contributed by atoms with Crippen molar-refractivity contribution >= 4 is 5.97 Å². The third kappa shape index (κ3) is 5.26. The molecule has 0 saturated heterocycles. The standard InChI is InChI=1S/C5H11NO3/c1-4(2)9-5(7)3-6-8/h4,6,8H,3H2,1-2H3. The lowest BCUT2D eigenvalue weighted by atomic mass is 10.5. The Morgan fingerprint density at radius 2 is 2.33 bits per heavy atom. The Balaban J connectivity index is 3.27. The lowest BCUT2D eigenvalue weighted by molar-refractivity contribution is -0.147. The van der Waals surface area contributed by atoms with Crippen LogP contribution in [-0.2, 0) is 9.53 Å². The maximum atomic E-state index is 10.4. The number of esters is 1. The Bertz CT molecular complexity index is 92.2. The van der Waals surface area contributed by atoms with E-state index in [2.05, 4.69) is 4.74 Å². The van der Waals surface area contributed by atoms with Gasteiger partial charge in [0.25, 0.3) is 0 Å². The normalized spacial score (nSPS) is 9.78. The molecule has 0 aromatic rings. The Morgan fingerprint density at radius 1 is 1.78 bits per heavy atom. The third-order valence-electron chi connectivity index (χ3n) is 0.591. The Morgan fingerprint density at radius 3 is 2.67 bits per heavy atom. The number of carbonyl (C=O) groups excluding carboxylic acids is 1. The van der Waals surface area contributed by atoms with Crippen LogP contribution in [-0.4, -0.2) is 23.8 Å². The largest absolute Gasteiger partial charge is 0.462 e. The van der Waals surface area contributed by atoms with E-state index in [4.69, 9.17) is 5.21 Å². The van der Waals surface area contributed by atoms with Gasteiger partial charge in [-0.2, -0.15) is 5.48 Å². The van der Waals surface area contributed by atoms with Crippen LogP contribution in [0.3, 0.4) is 0 Å². The summed E-state index contributed by atoms with van der Waals surface area (Å²) in [4.78, 5) is 10.4. The zero-order valence-corrected chi connectivity index (χ0v) is 5.55. The van der Waals surface area contributed by atoms with E-state index in [1.54, 1.807) is 19.3 Å². The lowest BCUT2D eigenvalue weighted by Crippen LogP contribution is -2.23. The predicted molar refractivity (Wildman–Crippen MR) is 31.0 cm³/mol. The van der Waals surface area contributed by atoms with Gasteiger partial charge in [0.15, 0.2) is 0 Å². The Hall–Kier alpha value is -0.610. The van der Waals surface area contributed by atoms with Crippen LogP contribution in [0.5, 0.6) is 0 Å². The lowest BCUT2D eigenvalue weighted by Gasteiger charge is -2.05. The highest BCUT2D eigenvalue weighted by atomic mass is 16.5. The van der Waals surface area contributed by atoms with Crippen molar-refractivity contribution in [1.82, 2.24) is 5.48 Å². The molecule has 0 aromatic carbocycles. The van der Waals surface area contributed by atoms with Crippen molar-refractivity contribution in [2.45, 2.75) is 20.0 Å². The van der Waals surface area contributed by atoms with Crippen LogP contribution in [0.1, 0.15) is 13.8 Å². The van der Waals surface area contributed by atoms with Crippen LogP contribution in [0.25, 0.3) is 0 Å². The second-order valence-electron chi connectivity index (χ2n) is 1.87. The van der Waals surface area contributed by atoms with E-state index < -0.39 is 5.97 Å². The van der Waals surface area contributed by atoms with E-state index in [1.807, 2.05) is 0 Å². The van der Waals surface area contributed by atoms with E-state index in [9.17, 15) is 4.79 Å². The smallest absolute Gasteiger partial charge is 0.322 e. The molecule has 0 fully saturated rings. The molecule has 0 aromatic heterocycles. The number of ether oxygens (including phenoxy) is 1. The highest BCUT2D eigenvalue weighted by Gasteiger charge is 2.01. The van der Waals surface area contributed by atoms with Crippen molar-refractivity contribution in [1.29, 1.82) is 0 Å². The van der Waals surface area contributed by atoms with Crippen molar-refractivity contribution in [3.8, 4) is 0 Å². The van der Waals surface area contributed by atoms with Crippen molar-refractivity contribution in [2.75, 3.05) is 6.54 Å². The second kappa shape index (κ2) is 4.29. The number of hydrogen-bond donors (Lipinski definition) is 2. The maximum Gasteiger partial charge on any atom is 0.322 e. The first kappa shape index (κ1) is 8.39. The second-order valence-corrected chi connectivity index (χ2v) is 1.87. The molecule has 0 aliphatic heterocycles. The van der Waals surface area contributed by atoms with Gasteiger partial charge in [-0.3, -0.25) is 4.79 Å². The first-order valence-corrected chi connectivity index (χ1v) is 2.73. The van der Waals surface area contributed by atoms with Crippen molar-refractivity contribution in [3.63, 3.8) is 0 Å². The van der Waals surface area contributed by atoms with Gasteiger partial charge in [-0.05, 0) is 13.8 Å². The van der Waals surface area contributed by atoms with Crippen LogP contribution < -0.4 is 5.48 Å². The molecule has 0 amide bonds. The number of rotatable bonds is 3. The fourth-order valence-electron chi connectivity index (χ4n) is 0.369. The van der Waals surface area contributed by atoms with E-state index in [0.717, 1.165) is 0 Å². The van der Waals surface area contributed by atoms with Gasteiger partial charge in [-0.25, -0.2) is 0 Å². The molecular formula is C5H11NO3. The maximum absolute atomic E-state index is 10.4. The highest BCUT2D eigenvalue weighted by Crippen LogP contribution is 1.86. The van der Waals surface area contributed by atoms with E-state index in [1.165, 1.54) is 0 Å². The minimum Gasteiger partial charge on any atom is -0.462 e. The first-order valence-electron chi connectivity index (χ1n) is 2.73. The van der Waals surface area contributed by atoms with Gasteiger partial charge >= 0.3 is 5.97 Å². The minimum absolute atomic E-state index is 0.120. The van der Waals surface area contributed by atoms with Gasteiger partial charge in [0, 0.05) is 0 Å². The third-order valence-corrected chi connectivity index (χ3v) is 0.591. The molecule has 54 valence electrons. The molecule has 4 nitrogen and oxygen atoms in total. The van der Waals surface area contributed by atoms with Gasteiger partial charge in [-0.1, -0.05) is 0 Å². The summed E-state index contributed by atoms with van der Waals surface area (Å²) in [5.74, 6) is -0.451. The van der Waals surface area contributed by atoms with Crippen molar-refractivity contribution < 1.29 is 14.7 Å². The first-order chi connectivity index (χ1) is 4.16. The molecule has 0 atom stereocenters. The van der Waals surface area contributed by atoms with Gasteiger partial charge in [0.05, 0.1) is 6.10 Å². The summed E-state index contributed by atoms with van der Waals surface area (Å²) in [5, 5.41) is 8.00. The molecule has 0 aliphatic carbocycles. The number of hydroxylamine groups is 1. The number of nitrogens with one attached hydrogen (secondary N) is 1. The fraction of sp³-hybridized carbons (Fsp3) is 0.800. The van der Waals surface area contributed by atoms with Crippen LogP contribution in [0, 0.1) is 0 Å². The van der Waals surface area contributed by atoms with Gasteiger partial charge in [-0.15, -0.1) is 0 Å². The summed E-state index contributed by atoms with van der Waals surface area (Å²) in [6.07, 6.45) is -0.120. The van der Waals surface area contributed by atoms with Crippen LogP contribution in [0.4, 0.5) is 0 Å². The molecular weight excluding hydrogens is 122 g/mol. The Labute approximate surface area is 53.8 Å². The van der Waals surface area contributed by atoms with Crippen LogP contribution >= 0.6 is 0 Å². The quantitative estimate of drug-likeness (QED) is 0.417. The van der Waals surface area contributed by atoms with E-state index >= 15 is 0 Å². The fourth-order valence-corrected chi connectivity index (χ4v) is 0.369. The monoisotopic (exact) mass is 133 g/mol. The van der Waals surface area contributed by atoms with Crippen molar-refractivity contribution in [2.24, 2.45) is 0 Å². The summed E-state index contributed by atoms with van der Waals surface area (Å²) < 4.78 is 4.63. The molecule has 0 radical (unpaired) electrons. The molecule has 0 aliphatic rings. The topological polar surface area (TPSA) is 58.6 Å². The highest BCUT2D eigenvalue weighted by molar-refractivity contribution is 5.71. The molecule has 0 saturated carbocycles.